The predicted octanol–water partition coefficient (Wildman–Crippen LogP) is 3.24. The van der Waals surface area contributed by atoms with E-state index < -0.39 is 17.6 Å². The van der Waals surface area contributed by atoms with Crippen molar-refractivity contribution in [2.24, 2.45) is 0 Å². The summed E-state index contributed by atoms with van der Waals surface area (Å²) >= 11 is 0. The largest absolute Gasteiger partial charge is 0.416 e. The summed E-state index contributed by atoms with van der Waals surface area (Å²) in [5, 5.41) is 5.30. The van der Waals surface area contributed by atoms with Gasteiger partial charge < -0.3 is 10.6 Å². The lowest BCUT2D eigenvalue weighted by Crippen LogP contribution is -2.31. The van der Waals surface area contributed by atoms with Gasteiger partial charge in [-0.15, -0.1) is 0 Å². The van der Waals surface area contributed by atoms with Crippen LogP contribution in [0.25, 0.3) is 0 Å². The maximum atomic E-state index is 12.5. The summed E-state index contributed by atoms with van der Waals surface area (Å²) < 4.78 is 37.6. The molecule has 0 aliphatic carbocycles. The Morgan fingerprint density at radius 1 is 1.08 bits per heavy atom. The molecule has 1 aliphatic heterocycles. The van der Waals surface area contributed by atoms with E-state index in [1.165, 1.54) is 0 Å². The van der Waals surface area contributed by atoms with Gasteiger partial charge >= 0.3 is 6.18 Å². The Kier molecular flexibility index (Phi) is 4.01. The van der Waals surface area contributed by atoms with Crippen molar-refractivity contribution in [1.29, 1.82) is 0 Å². The summed E-state index contributed by atoms with van der Waals surface area (Å²) in [6.07, 6.45) is -3.73. The molecule has 2 N–H and O–H groups in total. The van der Waals surface area contributed by atoms with Crippen molar-refractivity contribution in [2.45, 2.75) is 12.6 Å². The van der Waals surface area contributed by atoms with Crippen molar-refractivity contribution >= 4 is 17.5 Å². The molecule has 0 spiro atoms. The normalized spacial score (nSPS) is 13.9. The van der Waals surface area contributed by atoms with Crippen LogP contribution in [-0.4, -0.2) is 18.4 Å². The minimum absolute atomic E-state index is 0.102. The molecule has 24 heavy (non-hydrogen) atoms. The van der Waals surface area contributed by atoms with Crippen LogP contribution in [0.3, 0.4) is 0 Å². The van der Waals surface area contributed by atoms with Gasteiger partial charge in [-0.2, -0.15) is 13.2 Å². The molecule has 1 heterocycles. The van der Waals surface area contributed by atoms with Gasteiger partial charge in [-0.3, -0.25) is 9.59 Å². The number of hydrogen-bond donors (Lipinski definition) is 2. The zero-order valence-corrected chi connectivity index (χ0v) is 12.4. The Balaban J connectivity index is 1.78. The van der Waals surface area contributed by atoms with E-state index in [9.17, 15) is 22.8 Å². The van der Waals surface area contributed by atoms with Crippen LogP contribution in [0.5, 0.6) is 0 Å². The second-order valence-electron chi connectivity index (χ2n) is 5.41. The van der Waals surface area contributed by atoms with E-state index >= 15 is 0 Å². The van der Waals surface area contributed by atoms with Crippen LogP contribution >= 0.6 is 0 Å². The molecule has 0 atom stereocenters. The van der Waals surface area contributed by atoms with E-state index in [0.29, 0.717) is 24.2 Å². The summed E-state index contributed by atoms with van der Waals surface area (Å²) in [6.45, 7) is 0.573. The number of rotatable bonds is 2. The molecule has 0 radical (unpaired) electrons. The van der Waals surface area contributed by atoms with Crippen molar-refractivity contribution in [3.63, 3.8) is 0 Å². The molecular formula is C17H13F3N2O2. The molecule has 0 bridgehead atoms. The topological polar surface area (TPSA) is 58.2 Å². The molecule has 0 aromatic heterocycles. The number of hydrogen-bond acceptors (Lipinski definition) is 2. The van der Waals surface area contributed by atoms with Crippen molar-refractivity contribution in [1.82, 2.24) is 5.32 Å². The Hall–Kier alpha value is -2.83. The first-order chi connectivity index (χ1) is 11.3. The molecule has 0 saturated carbocycles. The molecule has 124 valence electrons. The quantitative estimate of drug-likeness (QED) is 0.886. The monoisotopic (exact) mass is 334 g/mol. The van der Waals surface area contributed by atoms with E-state index in [-0.39, 0.29) is 11.5 Å². The summed E-state index contributed by atoms with van der Waals surface area (Å²) in [6, 6.07) is 8.93. The van der Waals surface area contributed by atoms with Crippen LogP contribution in [0.1, 0.15) is 31.8 Å². The summed E-state index contributed by atoms with van der Waals surface area (Å²) in [5.74, 6) is -0.748. The zero-order chi connectivity index (χ0) is 17.3. The molecular weight excluding hydrogens is 321 g/mol. The highest BCUT2D eigenvalue weighted by Crippen LogP contribution is 2.29. The number of benzene rings is 2. The zero-order valence-electron chi connectivity index (χ0n) is 12.4. The van der Waals surface area contributed by atoms with E-state index in [4.69, 9.17) is 0 Å². The fourth-order valence-electron chi connectivity index (χ4n) is 2.50. The average molecular weight is 334 g/mol. The van der Waals surface area contributed by atoms with Gasteiger partial charge in [-0.25, -0.2) is 0 Å². The Morgan fingerprint density at radius 2 is 1.79 bits per heavy atom. The number of carbonyl (C=O) groups excluding carboxylic acids is 2. The number of amides is 2. The van der Waals surface area contributed by atoms with Gasteiger partial charge in [0.2, 0.25) is 0 Å². The number of alkyl halides is 3. The van der Waals surface area contributed by atoms with Gasteiger partial charge in [-0.05, 0) is 48.4 Å². The van der Waals surface area contributed by atoms with Crippen LogP contribution in [0.4, 0.5) is 18.9 Å². The number of nitrogens with one attached hydrogen (secondary N) is 2. The molecule has 0 fully saturated rings. The molecule has 7 heteroatoms. The SMILES string of the molecule is O=C(Nc1ccc2c(c1)C(=O)NCC2)c1ccc(C(F)(F)F)cc1. The summed E-state index contributed by atoms with van der Waals surface area (Å²) in [5.41, 5.74) is 1.09. The highest BCUT2D eigenvalue weighted by atomic mass is 19.4. The molecule has 2 aromatic rings. The van der Waals surface area contributed by atoms with Crippen LogP contribution in [0.2, 0.25) is 0 Å². The molecule has 3 rings (SSSR count). The molecule has 2 aromatic carbocycles. The van der Waals surface area contributed by atoms with Crippen molar-refractivity contribution in [2.75, 3.05) is 11.9 Å². The first-order valence-electron chi connectivity index (χ1n) is 7.24. The maximum absolute atomic E-state index is 12.5. The lowest BCUT2D eigenvalue weighted by molar-refractivity contribution is -0.137. The van der Waals surface area contributed by atoms with Crippen LogP contribution < -0.4 is 10.6 Å². The third-order valence-corrected chi connectivity index (χ3v) is 3.77. The second-order valence-corrected chi connectivity index (χ2v) is 5.41. The number of anilines is 1. The fourth-order valence-corrected chi connectivity index (χ4v) is 2.50. The lowest BCUT2D eigenvalue weighted by Gasteiger charge is -2.17. The molecule has 1 aliphatic rings. The van der Waals surface area contributed by atoms with Gasteiger partial charge in [-0.1, -0.05) is 6.07 Å². The Bertz CT molecular complexity index is 798. The third-order valence-electron chi connectivity index (χ3n) is 3.77. The average Bonchev–Trinajstić information content (AvgIpc) is 2.55. The number of carbonyl (C=O) groups is 2. The van der Waals surface area contributed by atoms with Gasteiger partial charge in [0, 0.05) is 23.4 Å². The highest BCUT2D eigenvalue weighted by molar-refractivity contribution is 6.05. The minimum atomic E-state index is -4.44. The lowest BCUT2D eigenvalue weighted by atomic mass is 9.99. The van der Waals surface area contributed by atoms with Crippen LogP contribution in [-0.2, 0) is 12.6 Å². The van der Waals surface area contributed by atoms with Gasteiger partial charge in [0.1, 0.15) is 0 Å². The van der Waals surface area contributed by atoms with Crippen molar-refractivity contribution in [3.05, 3.63) is 64.7 Å². The van der Waals surface area contributed by atoms with Crippen LogP contribution in [0.15, 0.2) is 42.5 Å². The molecule has 2 amide bonds. The van der Waals surface area contributed by atoms with Crippen molar-refractivity contribution < 1.29 is 22.8 Å². The summed E-state index contributed by atoms with van der Waals surface area (Å²) in [4.78, 5) is 23.9. The van der Waals surface area contributed by atoms with Gasteiger partial charge in [0.15, 0.2) is 0 Å². The Morgan fingerprint density at radius 3 is 2.46 bits per heavy atom. The van der Waals surface area contributed by atoms with E-state index in [0.717, 1.165) is 29.8 Å². The van der Waals surface area contributed by atoms with Crippen LogP contribution in [0, 0.1) is 0 Å². The maximum Gasteiger partial charge on any atom is 0.416 e. The van der Waals surface area contributed by atoms with Crippen molar-refractivity contribution in [3.8, 4) is 0 Å². The fraction of sp³-hybridized carbons (Fsp3) is 0.176. The first-order valence-corrected chi connectivity index (χ1v) is 7.24. The number of halogens is 3. The first kappa shape index (κ1) is 16.0. The number of fused-ring (bicyclic) bond motifs is 1. The molecule has 4 nitrogen and oxygen atoms in total. The third kappa shape index (κ3) is 3.24. The van der Waals surface area contributed by atoms with E-state index in [1.807, 2.05) is 0 Å². The van der Waals surface area contributed by atoms with E-state index in [1.54, 1.807) is 18.2 Å². The Labute approximate surface area is 135 Å². The van der Waals surface area contributed by atoms with Gasteiger partial charge in [0.05, 0.1) is 5.56 Å². The summed E-state index contributed by atoms with van der Waals surface area (Å²) in [7, 11) is 0. The molecule has 0 unspecified atom stereocenters. The molecule has 0 saturated heterocycles. The highest BCUT2D eigenvalue weighted by Gasteiger charge is 2.30. The van der Waals surface area contributed by atoms with Gasteiger partial charge in [0.25, 0.3) is 11.8 Å². The standard InChI is InChI=1S/C17H13F3N2O2/c18-17(19,20)12-4-1-11(2-5-12)15(23)22-13-6-3-10-7-8-21-16(24)14(10)9-13/h1-6,9H,7-8H2,(H,21,24)(H,22,23). The van der Waals surface area contributed by atoms with E-state index in [2.05, 4.69) is 10.6 Å². The smallest absolute Gasteiger partial charge is 0.352 e. The minimum Gasteiger partial charge on any atom is -0.352 e. The second kappa shape index (κ2) is 5.99. The predicted molar refractivity (Wildman–Crippen MR) is 81.9 cm³/mol.